The van der Waals surface area contributed by atoms with Crippen LogP contribution in [0.4, 0.5) is 13.2 Å². The van der Waals surface area contributed by atoms with Gasteiger partial charge in [-0.3, -0.25) is 0 Å². The molecule has 0 spiro atoms. The van der Waals surface area contributed by atoms with Crippen LogP contribution in [0.3, 0.4) is 0 Å². The maximum atomic E-state index is 15.3. The van der Waals surface area contributed by atoms with Gasteiger partial charge in [-0.2, -0.15) is 22.7 Å². The molecule has 1 atom stereocenters. The van der Waals surface area contributed by atoms with Crippen molar-refractivity contribution in [2.75, 3.05) is 21.3 Å². The van der Waals surface area contributed by atoms with Crippen molar-refractivity contribution in [3.63, 3.8) is 0 Å². The number of sulfonamides is 1. The van der Waals surface area contributed by atoms with Crippen molar-refractivity contribution >= 4 is 15.6 Å². The van der Waals surface area contributed by atoms with E-state index in [0.29, 0.717) is 58.8 Å². The molecule has 0 aliphatic heterocycles. The van der Waals surface area contributed by atoms with Crippen LogP contribution in [0.1, 0.15) is 47.1 Å². The monoisotopic (exact) mass is 758 g/mol. The van der Waals surface area contributed by atoms with E-state index in [1.807, 2.05) is 0 Å². The molecule has 6 rings (SSSR count). The number of rotatable bonds is 13. The lowest BCUT2D eigenvalue weighted by atomic mass is 9.85. The summed E-state index contributed by atoms with van der Waals surface area (Å²) in [5, 5.41) is 21.7. The lowest BCUT2D eigenvalue weighted by Gasteiger charge is -2.28. The minimum atomic E-state index is -5.09. The molecule has 0 radical (unpaired) electrons. The fourth-order valence-electron chi connectivity index (χ4n) is 6.38. The number of hydrogen-bond donors (Lipinski definition) is 0. The van der Waals surface area contributed by atoms with E-state index >= 15 is 21.6 Å². The SMILES string of the molecule is COc1ccc(CN(Cc2ccc(OC)cc2)S(=O)(=O)c2c(C(F)(F)F)ccc(C3=CCC(C#N)CC3)c2-c2nnnn2Cc2ccc(OC)cc2)cc1. The Morgan fingerprint density at radius 1 is 0.833 bits per heavy atom. The van der Waals surface area contributed by atoms with Crippen molar-refractivity contribution in [1.29, 1.82) is 5.26 Å². The van der Waals surface area contributed by atoms with Crippen molar-refractivity contribution in [3.05, 3.63) is 119 Å². The van der Waals surface area contributed by atoms with Gasteiger partial charge in [-0.25, -0.2) is 13.1 Å². The van der Waals surface area contributed by atoms with Crippen molar-refractivity contribution in [3.8, 4) is 34.7 Å². The van der Waals surface area contributed by atoms with E-state index in [4.69, 9.17) is 14.2 Å². The predicted molar refractivity (Wildman–Crippen MR) is 194 cm³/mol. The molecule has 0 saturated carbocycles. The molecule has 4 aromatic carbocycles. The van der Waals surface area contributed by atoms with E-state index in [2.05, 4.69) is 21.6 Å². The first-order valence-electron chi connectivity index (χ1n) is 16.9. The lowest BCUT2D eigenvalue weighted by molar-refractivity contribution is -0.139. The summed E-state index contributed by atoms with van der Waals surface area (Å²) in [4.78, 5) is -0.969. The van der Waals surface area contributed by atoms with Crippen LogP contribution in [0.25, 0.3) is 17.0 Å². The zero-order chi connectivity index (χ0) is 38.5. The van der Waals surface area contributed by atoms with Crippen LogP contribution in [0.5, 0.6) is 17.2 Å². The largest absolute Gasteiger partial charge is 0.497 e. The molecule has 0 bridgehead atoms. The Hall–Kier alpha value is -5.72. The molecule has 0 amide bonds. The standard InChI is InChI=1S/C39H37F3N6O5S/c1-51-31-14-6-27(7-15-31)23-47(24-28-8-16-32(52-2)17-9-28)54(49,50)37-35(39(40,41)42)21-20-34(30-12-4-26(22-43)5-13-30)36(37)38-44-45-46-48(38)25-29-10-18-33(53-3)19-11-29/h6-12,14-21,26H,4-5,13,23-25H2,1-3H3. The van der Waals surface area contributed by atoms with E-state index in [9.17, 15) is 5.26 Å². The number of alkyl halides is 3. The summed E-state index contributed by atoms with van der Waals surface area (Å²) in [5.74, 6) is 1.21. The minimum absolute atomic E-state index is 0.0124. The van der Waals surface area contributed by atoms with E-state index in [1.165, 1.54) is 32.1 Å². The first-order valence-corrected chi connectivity index (χ1v) is 18.4. The highest BCUT2D eigenvalue weighted by Gasteiger charge is 2.43. The van der Waals surface area contributed by atoms with Gasteiger partial charge < -0.3 is 14.2 Å². The highest BCUT2D eigenvalue weighted by Crippen LogP contribution is 2.45. The topological polar surface area (TPSA) is 132 Å². The number of hydrogen-bond acceptors (Lipinski definition) is 9. The van der Waals surface area contributed by atoms with Gasteiger partial charge in [-0.1, -0.05) is 48.5 Å². The highest BCUT2D eigenvalue weighted by atomic mass is 32.2. The molecule has 1 aromatic heterocycles. The van der Waals surface area contributed by atoms with Gasteiger partial charge in [0.05, 0.1) is 45.4 Å². The Morgan fingerprint density at radius 2 is 1.37 bits per heavy atom. The van der Waals surface area contributed by atoms with Crippen LogP contribution in [-0.2, 0) is 35.8 Å². The van der Waals surface area contributed by atoms with Crippen LogP contribution in [0.2, 0.25) is 0 Å². The third-order valence-corrected chi connectivity index (χ3v) is 11.2. The van der Waals surface area contributed by atoms with Crippen molar-refractivity contribution < 1.29 is 35.8 Å². The first kappa shape index (κ1) is 38.0. The summed E-state index contributed by atoms with van der Waals surface area (Å²) >= 11 is 0. The average molecular weight is 759 g/mol. The van der Waals surface area contributed by atoms with Crippen molar-refractivity contribution in [2.24, 2.45) is 5.92 Å². The molecule has 15 heteroatoms. The maximum absolute atomic E-state index is 15.3. The number of halogens is 3. The van der Waals surface area contributed by atoms with Gasteiger partial charge in [-0.15, -0.1) is 5.10 Å². The Kier molecular flexibility index (Phi) is 11.3. The van der Waals surface area contributed by atoms with E-state index < -0.39 is 26.7 Å². The molecule has 280 valence electrons. The van der Waals surface area contributed by atoms with Crippen LogP contribution >= 0.6 is 0 Å². The third-order valence-electron chi connectivity index (χ3n) is 9.28. The summed E-state index contributed by atoms with van der Waals surface area (Å²) in [7, 11) is -0.518. The molecular weight excluding hydrogens is 722 g/mol. The second kappa shape index (κ2) is 16.1. The van der Waals surface area contributed by atoms with Gasteiger partial charge >= 0.3 is 6.18 Å². The molecule has 54 heavy (non-hydrogen) atoms. The van der Waals surface area contributed by atoms with Crippen molar-refractivity contribution in [1.82, 2.24) is 24.5 Å². The summed E-state index contributed by atoms with van der Waals surface area (Å²) in [6, 6.07) is 24.5. The van der Waals surface area contributed by atoms with E-state index in [1.54, 1.807) is 78.9 Å². The Morgan fingerprint density at radius 3 is 1.83 bits per heavy atom. The molecular formula is C39H37F3N6O5S. The Balaban J connectivity index is 1.59. The quantitative estimate of drug-likeness (QED) is 0.120. The molecule has 0 N–H and O–H groups in total. The van der Waals surface area contributed by atoms with Gasteiger partial charge in [0.15, 0.2) is 5.82 Å². The highest BCUT2D eigenvalue weighted by molar-refractivity contribution is 7.89. The van der Waals surface area contributed by atoms with Crippen LogP contribution in [0.15, 0.2) is 95.9 Å². The Labute approximate surface area is 311 Å². The number of aromatic nitrogens is 4. The summed E-state index contributed by atoms with van der Waals surface area (Å²) in [6.07, 6.45) is -2.18. The zero-order valence-corrected chi connectivity index (χ0v) is 30.6. The number of benzene rings is 4. The molecule has 1 aliphatic carbocycles. The normalized spacial score (nSPS) is 14.7. The molecule has 0 saturated heterocycles. The smallest absolute Gasteiger partial charge is 0.417 e. The molecule has 5 aromatic rings. The first-order chi connectivity index (χ1) is 25.9. The van der Waals surface area contributed by atoms with Crippen LogP contribution in [-0.4, -0.2) is 54.3 Å². The number of tetrazole rings is 1. The summed E-state index contributed by atoms with van der Waals surface area (Å²) in [6.45, 7) is -0.538. The minimum Gasteiger partial charge on any atom is -0.497 e. The van der Waals surface area contributed by atoms with Crippen molar-refractivity contribution in [2.45, 2.75) is 50.0 Å². The predicted octanol–water partition coefficient (Wildman–Crippen LogP) is 7.53. The molecule has 0 fully saturated rings. The number of nitriles is 1. The molecule has 1 heterocycles. The van der Waals surface area contributed by atoms with Gasteiger partial charge in [0.25, 0.3) is 0 Å². The second-order valence-electron chi connectivity index (χ2n) is 12.7. The fraction of sp³-hybridized carbons (Fsp3) is 0.282. The number of allylic oxidation sites excluding steroid dienone is 2. The molecule has 1 unspecified atom stereocenters. The Bertz CT molecular complexity index is 2220. The molecule has 1 aliphatic rings. The molecule has 11 nitrogen and oxygen atoms in total. The maximum Gasteiger partial charge on any atom is 0.417 e. The van der Waals surface area contributed by atoms with Gasteiger partial charge in [-0.05, 0) is 100.0 Å². The number of methoxy groups -OCH3 is 3. The van der Waals surface area contributed by atoms with Gasteiger partial charge in [0.1, 0.15) is 22.1 Å². The second-order valence-corrected chi connectivity index (χ2v) is 14.5. The number of nitrogens with zero attached hydrogens (tertiary/aromatic N) is 6. The summed E-state index contributed by atoms with van der Waals surface area (Å²) < 4.78 is 94.4. The number of ether oxygens (including phenoxy) is 3. The third kappa shape index (κ3) is 8.24. The van der Waals surface area contributed by atoms with Gasteiger partial charge in [0, 0.05) is 18.7 Å². The van der Waals surface area contributed by atoms with E-state index in [0.717, 1.165) is 10.4 Å². The average Bonchev–Trinajstić information content (AvgIpc) is 3.65. The van der Waals surface area contributed by atoms with Crippen LogP contribution in [0, 0.1) is 17.2 Å². The summed E-state index contributed by atoms with van der Waals surface area (Å²) in [5.41, 5.74) is 0.911. The fourth-order valence-corrected chi connectivity index (χ4v) is 8.19. The zero-order valence-electron chi connectivity index (χ0n) is 29.7. The van der Waals surface area contributed by atoms with Crippen LogP contribution < -0.4 is 14.2 Å². The lowest BCUT2D eigenvalue weighted by Crippen LogP contribution is -2.33. The van der Waals surface area contributed by atoms with Gasteiger partial charge in [0.2, 0.25) is 10.0 Å². The van der Waals surface area contributed by atoms with E-state index in [-0.39, 0.29) is 42.5 Å².